The van der Waals surface area contributed by atoms with Crippen molar-refractivity contribution in [3.63, 3.8) is 0 Å². The maximum atomic E-state index is 13.5. The molecule has 0 radical (unpaired) electrons. The molecule has 0 N–H and O–H groups in total. The number of imidazole rings is 1. The molecule has 32 heavy (non-hydrogen) atoms. The van der Waals surface area contributed by atoms with E-state index < -0.39 is 0 Å². The quantitative estimate of drug-likeness (QED) is 0.446. The van der Waals surface area contributed by atoms with Gasteiger partial charge in [0.25, 0.3) is 5.56 Å². The molecule has 0 unspecified atom stereocenters. The van der Waals surface area contributed by atoms with Gasteiger partial charge >= 0.3 is 5.69 Å². The number of rotatable bonds is 7. The van der Waals surface area contributed by atoms with Crippen molar-refractivity contribution in [2.24, 2.45) is 5.92 Å². The Morgan fingerprint density at radius 3 is 2.44 bits per heavy atom. The molecule has 0 saturated carbocycles. The second-order valence-corrected chi connectivity index (χ2v) is 8.45. The van der Waals surface area contributed by atoms with Crippen molar-refractivity contribution in [3.8, 4) is 11.4 Å². The predicted octanol–water partition coefficient (Wildman–Crippen LogP) is 3.76. The smallest absolute Gasteiger partial charge is 0.337 e. The first-order valence-corrected chi connectivity index (χ1v) is 10.8. The van der Waals surface area contributed by atoms with E-state index in [2.05, 4.69) is 18.8 Å². The Morgan fingerprint density at radius 2 is 1.75 bits per heavy atom. The van der Waals surface area contributed by atoms with E-state index in [9.17, 15) is 9.59 Å². The lowest BCUT2D eigenvalue weighted by atomic mass is 10.1. The van der Waals surface area contributed by atoms with Crippen LogP contribution >= 0.6 is 0 Å². The third-order valence-electron chi connectivity index (χ3n) is 5.66. The molecule has 0 aliphatic carbocycles. The maximum absolute atomic E-state index is 13.5. The molecule has 7 nitrogen and oxygen atoms in total. The number of hydrogen-bond donors (Lipinski definition) is 0. The summed E-state index contributed by atoms with van der Waals surface area (Å²) < 4.78 is 10.1. The normalized spacial score (nSPS) is 11.4. The van der Waals surface area contributed by atoms with Gasteiger partial charge in [-0.05, 0) is 37.5 Å². The lowest BCUT2D eigenvalue weighted by Crippen LogP contribution is -2.40. The van der Waals surface area contributed by atoms with Crippen LogP contribution in [-0.2, 0) is 13.1 Å². The zero-order chi connectivity index (χ0) is 22.8. The fourth-order valence-corrected chi connectivity index (χ4v) is 3.83. The van der Waals surface area contributed by atoms with Gasteiger partial charge in [-0.15, -0.1) is 0 Å². The van der Waals surface area contributed by atoms with Crippen LogP contribution in [-0.4, -0.2) is 25.8 Å². The van der Waals surface area contributed by atoms with E-state index in [1.807, 2.05) is 55.5 Å². The maximum Gasteiger partial charge on any atom is 0.337 e. The fourth-order valence-electron chi connectivity index (χ4n) is 3.83. The van der Waals surface area contributed by atoms with Gasteiger partial charge < -0.3 is 9.30 Å². The molecule has 0 amide bonds. The number of fused-ring (bicyclic) bond motifs is 1. The van der Waals surface area contributed by atoms with Crippen LogP contribution in [0.5, 0.6) is 5.75 Å². The average molecular weight is 433 g/mol. The van der Waals surface area contributed by atoms with Crippen molar-refractivity contribution in [2.75, 3.05) is 7.11 Å². The molecule has 4 rings (SSSR count). The Bertz CT molecular complexity index is 1360. The molecular formula is C25H28N4O3. The molecule has 2 aromatic heterocycles. The summed E-state index contributed by atoms with van der Waals surface area (Å²) in [6.45, 7) is 6.92. The summed E-state index contributed by atoms with van der Waals surface area (Å²) in [5, 5.41) is 0. The summed E-state index contributed by atoms with van der Waals surface area (Å²) in [7, 11) is 1.62. The number of methoxy groups -OCH3 is 1. The summed E-state index contributed by atoms with van der Waals surface area (Å²) in [4.78, 5) is 31.4. The molecule has 4 aromatic rings. The van der Waals surface area contributed by atoms with Gasteiger partial charge in [-0.2, -0.15) is 0 Å². The van der Waals surface area contributed by atoms with Gasteiger partial charge in [-0.25, -0.2) is 14.3 Å². The number of benzene rings is 2. The second kappa shape index (κ2) is 8.86. The first-order chi connectivity index (χ1) is 15.4. The van der Waals surface area contributed by atoms with Crippen LogP contribution in [0.3, 0.4) is 0 Å². The predicted molar refractivity (Wildman–Crippen MR) is 126 cm³/mol. The van der Waals surface area contributed by atoms with Crippen molar-refractivity contribution >= 4 is 11.2 Å². The average Bonchev–Trinajstić information content (AvgIpc) is 3.18. The molecule has 0 fully saturated rings. The van der Waals surface area contributed by atoms with E-state index in [-0.39, 0.29) is 11.2 Å². The number of para-hydroxylation sites is 1. The third-order valence-corrected chi connectivity index (χ3v) is 5.66. The molecule has 0 aliphatic heterocycles. The van der Waals surface area contributed by atoms with Crippen molar-refractivity contribution in [1.82, 2.24) is 18.7 Å². The third kappa shape index (κ3) is 3.98. The minimum Gasteiger partial charge on any atom is -0.496 e. The van der Waals surface area contributed by atoms with Crippen molar-refractivity contribution in [2.45, 2.75) is 40.3 Å². The second-order valence-electron chi connectivity index (χ2n) is 8.45. The summed E-state index contributed by atoms with van der Waals surface area (Å²) in [5.41, 5.74) is 2.78. The summed E-state index contributed by atoms with van der Waals surface area (Å²) in [6.07, 6.45) is 2.35. The van der Waals surface area contributed by atoms with E-state index in [0.29, 0.717) is 35.9 Å². The molecular weight excluding hydrogens is 404 g/mol. The van der Waals surface area contributed by atoms with Crippen LogP contribution in [0.2, 0.25) is 0 Å². The SMILES string of the molecule is COc1ccccc1Cn1cnc2c1c(=O)n(CCC(C)C)c(=O)n2-c1ccc(C)cc1. The number of nitrogens with zero attached hydrogens (tertiary/aromatic N) is 4. The van der Waals surface area contributed by atoms with Gasteiger partial charge in [0, 0.05) is 12.1 Å². The molecule has 166 valence electrons. The number of ether oxygens (including phenoxy) is 1. The summed E-state index contributed by atoms with van der Waals surface area (Å²) in [5.74, 6) is 1.10. The first kappa shape index (κ1) is 21.6. The van der Waals surface area contributed by atoms with Crippen molar-refractivity contribution in [1.29, 1.82) is 0 Å². The van der Waals surface area contributed by atoms with E-state index >= 15 is 0 Å². The molecule has 7 heteroatoms. The van der Waals surface area contributed by atoms with Crippen molar-refractivity contribution < 1.29 is 4.74 Å². The molecule has 2 aromatic carbocycles. The Morgan fingerprint density at radius 1 is 1.03 bits per heavy atom. The topological polar surface area (TPSA) is 71.1 Å². The van der Waals surface area contributed by atoms with Gasteiger partial charge in [-0.3, -0.25) is 9.36 Å². The van der Waals surface area contributed by atoms with Crippen LogP contribution < -0.4 is 16.0 Å². The highest BCUT2D eigenvalue weighted by molar-refractivity contribution is 5.72. The molecule has 0 atom stereocenters. The molecule has 0 aliphatic rings. The van der Waals surface area contributed by atoms with Crippen LogP contribution in [0, 0.1) is 12.8 Å². The van der Waals surface area contributed by atoms with Crippen LogP contribution in [0.4, 0.5) is 0 Å². The lowest BCUT2D eigenvalue weighted by molar-refractivity contribution is 0.408. The zero-order valence-corrected chi connectivity index (χ0v) is 18.9. The van der Waals surface area contributed by atoms with Crippen molar-refractivity contribution in [3.05, 3.63) is 86.8 Å². The summed E-state index contributed by atoms with van der Waals surface area (Å²) >= 11 is 0. The number of aryl methyl sites for hydroxylation is 1. The van der Waals surface area contributed by atoms with Gasteiger partial charge in [0.05, 0.1) is 25.7 Å². The van der Waals surface area contributed by atoms with E-state index in [4.69, 9.17) is 4.74 Å². The lowest BCUT2D eigenvalue weighted by Gasteiger charge is -2.14. The van der Waals surface area contributed by atoms with Crippen LogP contribution in [0.25, 0.3) is 16.9 Å². The van der Waals surface area contributed by atoms with E-state index in [1.165, 1.54) is 9.13 Å². The summed E-state index contributed by atoms with van der Waals surface area (Å²) in [6, 6.07) is 15.3. The monoisotopic (exact) mass is 432 g/mol. The minimum atomic E-state index is -0.366. The highest BCUT2D eigenvalue weighted by Gasteiger charge is 2.20. The zero-order valence-electron chi connectivity index (χ0n) is 18.9. The van der Waals surface area contributed by atoms with Gasteiger partial charge in [0.15, 0.2) is 11.2 Å². The number of aromatic nitrogens is 4. The standard InChI is InChI=1S/C25H28N4O3/c1-17(2)13-14-28-24(30)22-23(29(25(28)31)20-11-9-18(3)10-12-20)26-16-27(22)15-19-7-5-6-8-21(19)32-4/h5-12,16-17H,13-15H2,1-4H3. The van der Waals surface area contributed by atoms with Gasteiger partial charge in [0.2, 0.25) is 0 Å². The fraction of sp³-hybridized carbons (Fsp3) is 0.320. The highest BCUT2D eigenvalue weighted by atomic mass is 16.5. The van der Waals surface area contributed by atoms with Crippen LogP contribution in [0.15, 0.2) is 64.4 Å². The molecule has 0 spiro atoms. The Labute approximate surface area is 186 Å². The first-order valence-electron chi connectivity index (χ1n) is 10.8. The molecule has 0 saturated heterocycles. The van der Waals surface area contributed by atoms with Gasteiger partial charge in [0.1, 0.15) is 5.75 Å². The Balaban J connectivity index is 1.96. The Kier molecular flexibility index (Phi) is 5.99. The van der Waals surface area contributed by atoms with Gasteiger partial charge in [-0.1, -0.05) is 49.7 Å². The molecule has 0 bridgehead atoms. The Hall–Kier alpha value is -3.61. The highest BCUT2D eigenvalue weighted by Crippen LogP contribution is 2.21. The van der Waals surface area contributed by atoms with E-state index in [1.54, 1.807) is 18.0 Å². The largest absolute Gasteiger partial charge is 0.496 e. The van der Waals surface area contributed by atoms with E-state index in [0.717, 1.165) is 23.3 Å². The van der Waals surface area contributed by atoms with Crippen LogP contribution in [0.1, 0.15) is 31.4 Å². The molecule has 2 heterocycles. The minimum absolute atomic E-state index is 0.318. The number of hydrogen-bond acceptors (Lipinski definition) is 4.